The maximum atomic E-state index is 10.5. The molecule has 1 unspecified atom stereocenters. The number of nitrogens with one attached hydrogen (secondary N) is 1. The van der Waals surface area contributed by atoms with Crippen LogP contribution in [0.4, 0.5) is 0 Å². The Balaban J connectivity index is 3.76. The first-order valence-electron chi connectivity index (χ1n) is 4.58. The number of nitrogens with zero attached hydrogens (tertiary/aromatic N) is 1. The summed E-state index contributed by atoms with van der Waals surface area (Å²) in [6.45, 7) is 10.4. The normalized spacial score (nSPS) is 14.5. The van der Waals surface area contributed by atoms with Crippen molar-refractivity contribution in [1.82, 2.24) is 5.32 Å². The third-order valence-electron chi connectivity index (χ3n) is 2.03. The Morgan fingerprint density at radius 1 is 1.54 bits per heavy atom. The van der Waals surface area contributed by atoms with E-state index in [1.165, 1.54) is 6.92 Å². The number of hydrogen-bond donors (Lipinski definition) is 1. The van der Waals surface area contributed by atoms with Gasteiger partial charge in [-0.25, -0.2) is 0 Å². The summed E-state index contributed by atoms with van der Waals surface area (Å²) in [5.41, 5.74) is 0.211. The molecule has 0 heterocycles. The standard InChI is InChI=1S/C10H20N2O/c1-8(13)6-11-7-12-9(2)10(3,4)5/h7,9H,6H2,1-5H3,(H,11,12). The molecule has 0 aromatic heterocycles. The van der Waals surface area contributed by atoms with E-state index >= 15 is 0 Å². The minimum Gasteiger partial charge on any atom is -0.373 e. The summed E-state index contributed by atoms with van der Waals surface area (Å²) >= 11 is 0. The van der Waals surface area contributed by atoms with Crippen LogP contribution in [-0.4, -0.2) is 24.7 Å². The minimum absolute atomic E-state index is 0.0847. The van der Waals surface area contributed by atoms with Crippen molar-refractivity contribution in [3.05, 3.63) is 0 Å². The van der Waals surface area contributed by atoms with Crippen molar-refractivity contribution in [3.63, 3.8) is 0 Å². The second-order valence-corrected chi connectivity index (χ2v) is 4.43. The molecule has 0 rings (SSSR count). The number of carbonyl (C=O) groups excluding carboxylic acids is 1. The van der Waals surface area contributed by atoms with Crippen LogP contribution in [0.25, 0.3) is 0 Å². The number of hydrogen-bond acceptors (Lipinski definition) is 2. The van der Waals surface area contributed by atoms with E-state index in [0.717, 1.165) is 0 Å². The van der Waals surface area contributed by atoms with Crippen LogP contribution in [0, 0.1) is 5.41 Å². The third-order valence-corrected chi connectivity index (χ3v) is 2.03. The Labute approximate surface area is 80.6 Å². The van der Waals surface area contributed by atoms with E-state index in [1.807, 2.05) is 0 Å². The van der Waals surface area contributed by atoms with Gasteiger partial charge in [0.25, 0.3) is 0 Å². The minimum atomic E-state index is 0.0847. The summed E-state index contributed by atoms with van der Waals surface area (Å²) in [6.07, 6.45) is 1.62. The first-order valence-corrected chi connectivity index (χ1v) is 4.58. The maximum Gasteiger partial charge on any atom is 0.151 e. The highest BCUT2D eigenvalue weighted by Gasteiger charge is 2.17. The first-order chi connectivity index (χ1) is 5.84. The van der Waals surface area contributed by atoms with Crippen LogP contribution < -0.4 is 5.32 Å². The van der Waals surface area contributed by atoms with Crippen molar-refractivity contribution in [2.45, 2.75) is 40.7 Å². The molecule has 0 saturated carbocycles. The van der Waals surface area contributed by atoms with Crippen LogP contribution in [0.15, 0.2) is 4.99 Å². The van der Waals surface area contributed by atoms with E-state index < -0.39 is 0 Å². The molecule has 1 N–H and O–H groups in total. The molecule has 0 aliphatic rings. The van der Waals surface area contributed by atoms with Gasteiger partial charge in [0.2, 0.25) is 0 Å². The number of aliphatic imine (C=N–C) groups is 1. The Morgan fingerprint density at radius 3 is 2.46 bits per heavy atom. The molecule has 3 heteroatoms. The van der Waals surface area contributed by atoms with Crippen LogP contribution >= 0.6 is 0 Å². The summed E-state index contributed by atoms with van der Waals surface area (Å²) in [6, 6.07) is 0.350. The predicted octanol–water partition coefficient (Wildman–Crippen LogP) is 1.63. The van der Waals surface area contributed by atoms with E-state index in [0.29, 0.717) is 6.04 Å². The zero-order chi connectivity index (χ0) is 10.5. The van der Waals surface area contributed by atoms with Gasteiger partial charge in [-0.15, -0.1) is 0 Å². The van der Waals surface area contributed by atoms with Crippen molar-refractivity contribution < 1.29 is 4.79 Å². The molecular weight excluding hydrogens is 164 g/mol. The molecule has 0 aliphatic carbocycles. The molecule has 0 saturated heterocycles. The van der Waals surface area contributed by atoms with Gasteiger partial charge in [0.05, 0.1) is 12.9 Å². The van der Waals surface area contributed by atoms with Crippen LogP contribution in [-0.2, 0) is 4.79 Å². The number of carbonyl (C=O) groups is 1. The molecule has 0 spiro atoms. The zero-order valence-electron chi connectivity index (χ0n) is 9.22. The SMILES string of the molecule is CC(=O)C/N=C\NC(C)C(C)(C)C. The smallest absolute Gasteiger partial charge is 0.151 e. The molecular formula is C10H20N2O. The van der Waals surface area contributed by atoms with Crippen molar-refractivity contribution in [2.75, 3.05) is 6.54 Å². The predicted molar refractivity (Wildman–Crippen MR) is 56.1 cm³/mol. The Bertz CT molecular complexity index is 192. The van der Waals surface area contributed by atoms with Gasteiger partial charge in [0.1, 0.15) is 0 Å². The van der Waals surface area contributed by atoms with Crippen LogP contribution in [0.1, 0.15) is 34.6 Å². The van der Waals surface area contributed by atoms with Gasteiger partial charge >= 0.3 is 0 Å². The highest BCUT2D eigenvalue weighted by atomic mass is 16.1. The Hall–Kier alpha value is -0.860. The maximum absolute atomic E-state index is 10.5. The van der Waals surface area contributed by atoms with Gasteiger partial charge in [-0.3, -0.25) is 9.79 Å². The zero-order valence-corrected chi connectivity index (χ0v) is 9.22. The molecule has 0 amide bonds. The molecule has 0 radical (unpaired) electrons. The molecule has 0 aliphatic heterocycles. The van der Waals surface area contributed by atoms with Gasteiger partial charge in [-0.2, -0.15) is 0 Å². The average Bonchev–Trinajstić information content (AvgIpc) is 1.95. The fourth-order valence-corrected chi connectivity index (χ4v) is 0.589. The monoisotopic (exact) mass is 184 g/mol. The van der Waals surface area contributed by atoms with Crippen LogP contribution in [0.5, 0.6) is 0 Å². The fourth-order valence-electron chi connectivity index (χ4n) is 0.589. The van der Waals surface area contributed by atoms with E-state index in [-0.39, 0.29) is 17.7 Å². The molecule has 1 atom stereocenters. The summed E-state index contributed by atoms with van der Waals surface area (Å²) in [5.74, 6) is 0.0847. The van der Waals surface area contributed by atoms with Crippen LogP contribution in [0.3, 0.4) is 0 Å². The number of rotatable bonds is 4. The second kappa shape index (κ2) is 5.00. The third kappa shape index (κ3) is 6.31. The summed E-state index contributed by atoms with van der Waals surface area (Å²) < 4.78 is 0. The van der Waals surface area contributed by atoms with Crippen LogP contribution in [0.2, 0.25) is 0 Å². The largest absolute Gasteiger partial charge is 0.373 e. The molecule has 0 aromatic carbocycles. The quantitative estimate of drug-likeness (QED) is 0.533. The number of ketones is 1. The molecule has 0 bridgehead atoms. The van der Waals surface area contributed by atoms with Gasteiger partial charge in [0.15, 0.2) is 5.78 Å². The lowest BCUT2D eigenvalue weighted by molar-refractivity contribution is -0.115. The van der Waals surface area contributed by atoms with Gasteiger partial charge in [0, 0.05) is 6.04 Å². The lowest BCUT2D eigenvalue weighted by Crippen LogP contribution is -2.36. The van der Waals surface area contributed by atoms with E-state index in [9.17, 15) is 4.79 Å². The highest BCUT2D eigenvalue weighted by Crippen LogP contribution is 2.17. The van der Waals surface area contributed by atoms with Crippen molar-refractivity contribution in [2.24, 2.45) is 10.4 Å². The fraction of sp³-hybridized carbons (Fsp3) is 0.800. The number of Topliss-reactive ketones (excluding diaryl/α,β-unsaturated/α-hetero) is 1. The molecule has 0 aromatic rings. The van der Waals surface area contributed by atoms with E-state index in [2.05, 4.69) is 38.0 Å². The lowest BCUT2D eigenvalue weighted by atomic mass is 9.88. The molecule has 13 heavy (non-hydrogen) atoms. The average molecular weight is 184 g/mol. The van der Waals surface area contributed by atoms with Gasteiger partial charge in [-0.1, -0.05) is 20.8 Å². The lowest BCUT2D eigenvalue weighted by Gasteiger charge is -2.26. The summed E-state index contributed by atoms with van der Waals surface area (Å²) in [4.78, 5) is 14.5. The second-order valence-electron chi connectivity index (χ2n) is 4.43. The Morgan fingerprint density at radius 2 is 2.08 bits per heavy atom. The van der Waals surface area contributed by atoms with Gasteiger partial charge in [-0.05, 0) is 19.3 Å². The first kappa shape index (κ1) is 12.1. The van der Waals surface area contributed by atoms with Crippen molar-refractivity contribution in [1.29, 1.82) is 0 Å². The van der Waals surface area contributed by atoms with E-state index in [1.54, 1.807) is 6.34 Å². The molecule has 76 valence electrons. The summed E-state index contributed by atoms with van der Waals surface area (Å²) in [5, 5.41) is 3.13. The molecule has 0 fully saturated rings. The van der Waals surface area contributed by atoms with Crippen molar-refractivity contribution >= 4 is 12.1 Å². The Kier molecular flexibility index (Phi) is 4.67. The van der Waals surface area contributed by atoms with E-state index in [4.69, 9.17) is 0 Å². The highest BCUT2D eigenvalue weighted by molar-refractivity contribution is 5.79. The van der Waals surface area contributed by atoms with Gasteiger partial charge < -0.3 is 5.32 Å². The topological polar surface area (TPSA) is 41.5 Å². The van der Waals surface area contributed by atoms with Crippen molar-refractivity contribution in [3.8, 4) is 0 Å². The molecule has 3 nitrogen and oxygen atoms in total. The summed E-state index contributed by atoms with van der Waals surface area (Å²) in [7, 11) is 0.